The Morgan fingerprint density at radius 1 is 1.38 bits per heavy atom. The Morgan fingerprint density at radius 2 is 2.10 bits per heavy atom. The fourth-order valence-electron chi connectivity index (χ4n) is 2.19. The van der Waals surface area contributed by atoms with Gasteiger partial charge in [0.1, 0.15) is 16.9 Å². The molecule has 2 heterocycles. The highest BCUT2D eigenvalue weighted by atomic mass is 35.5. The van der Waals surface area contributed by atoms with Gasteiger partial charge >= 0.3 is 0 Å². The zero-order valence-electron chi connectivity index (χ0n) is 11.2. The zero-order valence-corrected chi connectivity index (χ0v) is 12.0. The van der Waals surface area contributed by atoms with Gasteiger partial charge in [-0.1, -0.05) is 11.6 Å². The third-order valence-electron chi connectivity index (χ3n) is 3.31. The van der Waals surface area contributed by atoms with Crippen LogP contribution in [0.5, 0.6) is 5.75 Å². The highest BCUT2D eigenvalue weighted by Crippen LogP contribution is 2.39. The van der Waals surface area contributed by atoms with Gasteiger partial charge in [-0.05, 0) is 13.0 Å². The molecule has 3 rings (SSSR count). The molecule has 6 nitrogen and oxygen atoms in total. The summed E-state index contributed by atoms with van der Waals surface area (Å²) in [5, 5.41) is 10.6. The highest BCUT2D eigenvalue weighted by molar-refractivity contribution is 6.33. The van der Waals surface area contributed by atoms with Crippen molar-refractivity contribution in [2.75, 3.05) is 5.73 Å². The summed E-state index contributed by atoms with van der Waals surface area (Å²) in [5.74, 6) is -0.176. The fourth-order valence-corrected chi connectivity index (χ4v) is 2.38. The summed E-state index contributed by atoms with van der Waals surface area (Å²) in [6.45, 7) is 1.72. The Hall–Kier alpha value is -2.41. The first kappa shape index (κ1) is 13.6. The predicted octanol–water partition coefficient (Wildman–Crippen LogP) is 2.42. The highest BCUT2D eigenvalue weighted by Gasteiger charge is 2.21. The van der Waals surface area contributed by atoms with E-state index in [1.54, 1.807) is 18.5 Å². The first-order valence-electron chi connectivity index (χ1n) is 6.03. The summed E-state index contributed by atoms with van der Waals surface area (Å²) >= 11 is 6.01. The molecular weight excluding hydrogens is 297 g/mol. The van der Waals surface area contributed by atoms with Gasteiger partial charge in [-0.25, -0.2) is 19.3 Å². The molecule has 3 N–H and O–H groups in total. The van der Waals surface area contributed by atoms with Crippen LogP contribution in [0.4, 0.5) is 10.3 Å². The van der Waals surface area contributed by atoms with Gasteiger partial charge in [0.2, 0.25) is 5.95 Å². The molecule has 8 heteroatoms. The van der Waals surface area contributed by atoms with Gasteiger partial charge in [-0.15, -0.1) is 0 Å². The Balaban J connectivity index is 2.41. The summed E-state index contributed by atoms with van der Waals surface area (Å²) in [6.07, 6.45) is 1.30. The average molecular weight is 308 g/mol. The Bertz CT molecular complexity index is 877. The third-order valence-corrected chi connectivity index (χ3v) is 3.59. The number of imidazole rings is 1. The first-order chi connectivity index (χ1) is 9.90. The number of halogens is 2. The summed E-state index contributed by atoms with van der Waals surface area (Å²) in [7, 11) is 1.68. The number of phenols is 1. The predicted molar refractivity (Wildman–Crippen MR) is 77.5 cm³/mol. The molecule has 2 aromatic heterocycles. The number of aromatic hydroxyl groups is 1. The van der Waals surface area contributed by atoms with E-state index in [9.17, 15) is 9.50 Å². The topological polar surface area (TPSA) is 89.8 Å². The van der Waals surface area contributed by atoms with Crippen molar-refractivity contribution in [1.29, 1.82) is 0 Å². The lowest BCUT2D eigenvalue weighted by Crippen LogP contribution is -1.98. The molecule has 0 aliphatic rings. The normalized spacial score (nSPS) is 11.2. The summed E-state index contributed by atoms with van der Waals surface area (Å²) in [6, 6.07) is 1.14. The van der Waals surface area contributed by atoms with Gasteiger partial charge < -0.3 is 15.4 Å². The molecule has 0 radical (unpaired) electrons. The SMILES string of the molecule is Cc1nc2c(F)cc(-c3nc(N)ncc3Cl)c(O)c2n1C. The lowest BCUT2D eigenvalue weighted by Gasteiger charge is -2.09. The molecule has 0 fully saturated rings. The van der Waals surface area contributed by atoms with Crippen molar-refractivity contribution in [3.05, 3.63) is 28.9 Å². The van der Waals surface area contributed by atoms with Crippen LogP contribution in [-0.2, 0) is 7.05 Å². The van der Waals surface area contributed by atoms with E-state index in [0.29, 0.717) is 5.82 Å². The molecule has 0 bridgehead atoms. The molecule has 0 amide bonds. The van der Waals surface area contributed by atoms with Crippen LogP contribution in [0, 0.1) is 12.7 Å². The van der Waals surface area contributed by atoms with E-state index >= 15 is 0 Å². The molecule has 3 aromatic rings. The second kappa shape index (κ2) is 4.56. The zero-order chi connectivity index (χ0) is 15.3. The van der Waals surface area contributed by atoms with Gasteiger partial charge in [0.15, 0.2) is 11.6 Å². The van der Waals surface area contributed by atoms with Crippen LogP contribution in [0.2, 0.25) is 5.02 Å². The molecule has 0 aliphatic heterocycles. The fraction of sp³-hybridized carbons (Fsp3) is 0.154. The number of nitrogens with two attached hydrogens (primary N) is 1. The van der Waals surface area contributed by atoms with Crippen molar-refractivity contribution >= 4 is 28.6 Å². The minimum absolute atomic E-state index is 0.0181. The number of benzene rings is 1. The number of aromatic nitrogens is 4. The van der Waals surface area contributed by atoms with E-state index in [-0.39, 0.29) is 39.0 Å². The van der Waals surface area contributed by atoms with Gasteiger partial charge in [0.05, 0.1) is 16.9 Å². The monoisotopic (exact) mass is 307 g/mol. The van der Waals surface area contributed by atoms with Crippen molar-refractivity contribution < 1.29 is 9.50 Å². The smallest absolute Gasteiger partial charge is 0.220 e. The van der Waals surface area contributed by atoms with Crippen LogP contribution in [-0.4, -0.2) is 24.6 Å². The van der Waals surface area contributed by atoms with Gasteiger partial charge in [0.25, 0.3) is 0 Å². The van der Waals surface area contributed by atoms with Gasteiger partial charge in [-0.2, -0.15) is 0 Å². The van der Waals surface area contributed by atoms with Crippen LogP contribution in [0.3, 0.4) is 0 Å². The molecule has 21 heavy (non-hydrogen) atoms. The maximum Gasteiger partial charge on any atom is 0.220 e. The Labute approximate surface area is 124 Å². The molecule has 0 saturated heterocycles. The molecule has 108 valence electrons. The number of fused-ring (bicyclic) bond motifs is 1. The number of anilines is 1. The van der Waals surface area contributed by atoms with Crippen LogP contribution in [0.15, 0.2) is 12.3 Å². The second-order valence-electron chi connectivity index (χ2n) is 4.59. The average Bonchev–Trinajstić information content (AvgIpc) is 2.74. The van der Waals surface area contributed by atoms with Crippen LogP contribution >= 0.6 is 11.6 Å². The molecule has 0 spiro atoms. The standard InChI is InChI=1S/C13H11ClFN5O/c1-5-18-10-8(15)3-6(12(21)11(10)20(5)2)9-7(14)4-17-13(16)19-9/h3-4,21H,1-2H3,(H2,16,17,19). The third kappa shape index (κ3) is 1.97. The molecule has 0 aliphatic carbocycles. The van der Waals surface area contributed by atoms with Crippen molar-refractivity contribution in [3.8, 4) is 17.0 Å². The lowest BCUT2D eigenvalue weighted by molar-refractivity contribution is 0.479. The quantitative estimate of drug-likeness (QED) is 0.720. The summed E-state index contributed by atoms with van der Waals surface area (Å²) in [5.41, 5.74) is 6.20. The first-order valence-corrected chi connectivity index (χ1v) is 6.40. The van der Waals surface area contributed by atoms with E-state index < -0.39 is 5.82 Å². The molecular formula is C13H11ClFN5O. The van der Waals surface area contributed by atoms with Crippen LogP contribution < -0.4 is 5.73 Å². The van der Waals surface area contributed by atoms with E-state index in [2.05, 4.69) is 15.0 Å². The maximum atomic E-state index is 14.2. The number of hydrogen-bond acceptors (Lipinski definition) is 5. The van der Waals surface area contributed by atoms with Crippen molar-refractivity contribution in [2.24, 2.45) is 7.05 Å². The number of nitrogen functional groups attached to an aromatic ring is 1. The number of rotatable bonds is 1. The van der Waals surface area contributed by atoms with Crippen molar-refractivity contribution in [1.82, 2.24) is 19.5 Å². The van der Waals surface area contributed by atoms with Crippen molar-refractivity contribution in [2.45, 2.75) is 6.92 Å². The largest absolute Gasteiger partial charge is 0.505 e. The number of aryl methyl sites for hydroxylation is 2. The Morgan fingerprint density at radius 3 is 2.81 bits per heavy atom. The van der Waals surface area contributed by atoms with E-state index in [1.807, 2.05) is 0 Å². The number of phenolic OH excluding ortho intramolecular Hbond substituents is 1. The second-order valence-corrected chi connectivity index (χ2v) is 5.00. The molecule has 1 aromatic carbocycles. The minimum Gasteiger partial charge on any atom is -0.505 e. The summed E-state index contributed by atoms with van der Waals surface area (Å²) < 4.78 is 15.8. The van der Waals surface area contributed by atoms with Gasteiger partial charge in [-0.3, -0.25) is 0 Å². The molecule has 0 saturated carbocycles. The minimum atomic E-state index is -0.574. The van der Waals surface area contributed by atoms with Crippen molar-refractivity contribution in [3.63, 3.8) is 0 Å². The van der Waals surface area contributed by atoms with Gasteiger partial charge in [0, 0.05) is 12.6 Å². The maximum absolute atomic E-state index is 14.2. The van der Waals surface area contributed by atoms with Crippen LogP contribution in [0.25, 0.3) is 22.3 Å². The van der Waals surface area contributed by atoms with Crippen LogP contribution in [0.1, 0.15) is 5.82 Å². The number of nitrogens with zero attached hydrogens (tertiary/aromatic N) is 4. The van der Waals surface area contributed by atoms with E-state index in [4.69, 9.17) is 17.3 Å². The number of hydrogen-bond donors (Lipinski definition) is 2. The van der Waals surface area contributed by atoms with E-state index in [0.717, 1.165) is 6.07 Å². The van der Waals surface area contributed by atoms with E-state index in [1.165, 1.54) is 6.20 Å². The lowest BCUT2D eigenvalue weighted by atomic mass is 10.1. The molecule has 0 atom stereocenters. The molecule has 0 unspecified atom stereocenters. The Kier molecular flexibility index (Phi) is 2.94. The summed E-state index contributed by atoms with van der Waals surface area (Å²) in [4.78, 5) is 11.8.